The third-order valence-corrected chi connectivity index (χ3v) is 4.74. The molecular formula is C17H16F3NO4. The Labute approximate surface area is 140 Å². The van der Waals surface area contributed by atoms with Crippen LogP contribution in [0.5, 0.6) is 5.75 Å². The van der Waals surface area contributed by atoms with E-state index in [1.54, 1.807) is 0 Å². The summed E-state index contributed by atoms with van der Waals surface area (Å²) in [6.45, 7) is 0. The standard InChI is InChI=1S/C17H16F3NO4/c18-17(19,20)14-8-10-7-12(22)5-6-13(10)15(23)21(14)11-3-1-9(2-4-11)16(24)25/h5-9,11,22H,1-4H2,(H,24,25). The Morgan fingerprint density at radius 2 is 1.76 bits per heavy atom. The van der Waals surface area contributed by atoms with E-state index in [4.69, 9.17) is 5.11 Å². The molecule has 2 N–H and O–H groups in total. The van der Waals surface area contributed by atoms with Crippen molar-refractivity contribution in [3.63, 3.8) is 0 Å². The van der Waals surface area contributed by atoms with Gasteiger partial charge in [0.1, 0.15) is 11.4 Å². The first-order valence-electron chi connectivity index (χ1n) is 7.86. The van der Waals surface area contributed by atoms with E-state index in [0.717, 1.165) is 16.7 Å². The molecule has 1 aromatic heterocycles. The van der Waals surface area contributed by atoms with Gasteiger partial charge in [-0.1, -0.05) is 0 Å². The average Bonchev–Trinajstić information content (AvgIpc) is 2.53. The molecule has 0 saturated heterocycles. The van der Waals surface area contributed by atoms with Crippen LogP contribution in [0.2, 0.25) is 0 Å². The van der Waals surface area contributed by atoms with Crippen LogP contribution in [0, 0.1) is 5.92 Å². The lowest BCUT2D eigenvalue weighted by Gasteiger charge is -2.30. The molecule has 1 fully saturated rings. The van der Waals surface area contributed by atoms with Gasteiger partial charge < -0.3 is 14.8 Å². The Bertz CT molecular complexity index is 880. The van der Waals surface area contributed by atoms with E-state index in [9.17, 15) is 27.9 Å². The van der Waals surface area contributed by atoms with Crippen molar-refractivity contribution in [2.24, 2.45) is 5.92 Å². The number of hydrogen-bond acceptors (Lipinski definition) is 3. The number of carboxylic acid groups (broad SMARTS) is 1. The van der Waals surface area contributed by atoms with Crippen LogP contribution in [0.25, 0.3) is 10.8 Å². The van der Waals surface area contributed by atoms with E-state index in [1.807, 2.05) is 0 Å². The molecule has 0 bridgehead atoms. The fourth-order valence-corrected chi connectivity index (χ4v) is 3.48. The van der Waals surface area contributed by atoms with Gasteiger partial charge in [0.05, 0.1) is 5.92 Å². The minimum atomic E-state index is -4.73. The van der Waals surface area contributed by atoms with Crippen molar-refractivity contribution in [3.05, 3.63) is 40.3 Å². The highest BCUT2D eigenvalue weighted by Gasteiger charge is 2.38. The van der Waals surface area contributed by atoms with Crippen LogP contribution in [0.15, 0.2) is 29.1 Å². The van der Waals surface area contributed by atoms with E-state index < -0.39 is 35.4 Å². The summed E-state index contributed by atoms with van der Waals surface area (Å²) < 4.78 is 41.2. The van der Waals surface area contributed by atoms with Gasteiger partial charge in [-0.3, -0.25) is 9.59 Å². The molecule has 1 aromatic carbocycles. The highest BCUT2D eigenvalue weighted by Crippen LogP contribution is 2.37. The van der Waals surface area contributed by atoms with Crippen molar-refractivity contribution < 1.29 is 28.2 Å². The Hall–Kier alpha value is -2.51. The van der Waals surface area contributed by atoms with Gasteiger partial charge in [0.2, 0.25) is 0 Å². The van der Waals surface area contributed by atoms with Crippen LogP contribution in [0.3, 0.4) is 0 Å². The minimum Gasteiger partial charge on any atom is -0.508 e. The number of phenolic OH excluding ortho intramolecular Hbond substituents is 1. The monoisotopic (exact) mass is 355 g/mol. The van der Waals surface area contributed by atoms with Crippen molar-refractivity contribution >= 4 is 16.7 Å². The molecule has 1 saturated carbocycles. The van der Waals surface area contributed by atoms with Crippen molar-refractivity contribution in [2.75, 3.05) is 0 Å². The van der Waals surface area contributed by atoms with E-state index in [2.05, 4.69) is 0 Å². The molecule has 5 nitrogen and oxygen atoms in total. The normalized spacial score (nSPS) is 21.4. The quantitative estimate of drug-likeness (QED) is 0.864. The Morgan fingerprint density at radius 1 is 1.12 bits per heavy atom. The third kappa shape index (κ3) is 3.20. The van der Waals surface area contributed by atoms with Crippen LogP contribution in [0.4, 0.5) is 13.2 Å². The van der Waals surface area contributed by atoms with Crippen molar-refractivity contribution in [1.82, 2.24) is 4.57 Å². The molecule has 1 aliphatic carbocycles. The lowest BCUT2D eigenvalue weighted by molar-refractivity contribution is -0.147. The number of pyridine rings is 1. The highest BCUT2D eigenvalue weighted by atomic mass is 19.4. The fraction of sp³-hybridized carbons (Fsp3) is 0.412. The number of carbonyl (C=O) groups is 1. The number of fused-ring (bicyclic) bond motifs is 1. The Morgan fingerprint density at radius 3 is 2.32 bits per heavy atom. The molecule has 1 aliphatic rings. The highest BCUT2D eigenvalue weighted by molar-refractivity contribution is 5.83. The number of rotatable bonds is 2. The summed E-state index contributed by atoms with van der Waals surface area (Å²) in [5, 5.41) is 18.6. The summed E-state index contributed by atoms with van der Waals surface area (Å²) in [6, 6.07) is 3.84. The van der Waals surface area contributed by atoms with Gasteiger partial charge in [-0.25, -0.2) is 0 Å². The molecule has 1 heterocycles. The molecule has 8 heteroatoms. The number of nitrogens with zero attached hydrogens (tertiary/aromatic N) is 1. The number of alkyl halides is 3. The average molecular weight is 355 g/mol. The number of carboxylic acids is 1. The molecule has 0 atom stereocenters. The maximum absolute atomic E-state index is 13.5. The second-order valence-corrected chi connectivity index (χ2v) is 6.32. The smallest absolute Gasteiger partial charge is 0.431 e. The van der Waals surface area contributed by atoms with Crippen molar-refractivity contribution in [3.8, 4) is 5.75 Å². The molecule has 3 rings (SSSR count). The zero-order valence-electron chi connectivity index (χ0n) is 13.1. The van der Waals surface area contributed by atoms with Gasteiger partial charge in [0, 0.05) is 11.4 Å². The number of halogens is 3. The van der Waals surface area contributed by atoms with Crippen molar-refractivity contribution in [1.29, 1.82) is 0 Å². The molecule has 0 spiro atoms. The van der Waals surface area contributed by atoms with Crippen LogP contribution in [-0.2, 0) is 11.0 Å². The summed E-state index contributed by atoms with van der Waals surface area (Å²) in [7, 11) is 0. The second kappa shape index (κ2) is 6.09. The van der Waals surface area contributed by atoms with Gasteiger partial charge in [-0.2, -0.15) is 13.2 Å². The summed E-state index contributed by atoms with van der Waals surface area (Å²) in [5.74, 6) is -1.77. The largest absolute Gasteiger partial charge is 0.508 e. The van der Waals surface area contributed by atoms with Crippen molar-refractivity contribution in [2.45, 2.75) is 37.9 Å². The van der Waals surface area contributed by atoms with Gasteiger partial charge in [-0.05, 0) is 55.3 Å². The van der Waals surface area contributed by atoms with E-state index >= 15 is 0 Å². The fourth-order valence-electron chi connectivity index (χ4n) is 3.48. The Balaban J connectivity index is 2.13. The molecule has 0 aliphatic heterocycles. The predicted molar refractivity (Wildman–Crippen MR) is 83.5 cm³/mol. The van der Waals surface area contributed by atoms with Gasteiger partial charge in [-0.15, -0.1) is 0 Å². The maximum Gasteiger partial charge on any atom is 0.431 e. The summed E-state index contributed by atoms with van der Waals surface area (Å²) >= 11 is 0. The second-order valence-electron chi connectivity index (χ2n) is 6.32. The number of aliphatic carboxylic acids is 1. The van der Waals surface area contributed by atoms with Gasteiger partial charge in [0.15, 0.2) is 0 Å². The predicted octanol–water partition coefficient (Wildman–Crippen LogP) is 3.54. The molecule has 2 aromatic rings. The van der Waals surface area contributed by atoms with E-state index in [0.29, 0.717) is 0 Å². The van der Waals surface area contributed by atoms with E-state index in [1.165, 1.54) is 12.1 Å². The van der Waals surface area contributed by atoms with E-state index in [-0.39, 0.29) is 42.2 Å². The van der Waals surface area contributed by atoms with Gasteiger partial charge in [0.25, 0.3) is 5.56 Å². The molecular weight excluding hydrogens is 339 g/mol. The van der Waals surface area contributed by atoms with Crippen LogP contribution < -0.4 is 5.56 Å². The van der Waals surface area contributed by atoms with Crippen LogP contribution >= 0.6 is 0 Å². The molecule has 0 amide bonds. The lowest BCUT2D eigenvalue weighted by atomic mass is 9.85. The lowest BCUT2D eigenvalue weighted by Crippen LogP contribution is -2.34. The zero-order chi connectivity index (χ0) is 18.4. The van der Waals surface area contributed by atoms with Gasteiger partial charge >= 0.3 is 12.1 Å². The summed E-state index contributed by atoms with van der Waals surface area (Å²) in [6.07, 6.45) is -3.87. The zero-order valence-corrected chi connectivity index (χ0v) is 13.1. The summed E-state index contributed by atoms with van der Waals surface area (Å²) in [5.41, 5.74) is -1.85. The third-order valence-electron chi connectivity index (χ3n) is 4.74. The first-order valence-corrected chi connectivity index (χ1v) is 7.86. The number of phenols is 1. The molecule has 25 heavy (non-hydrogen) atoms. The number of aromatic hydroxyl groups is 1. The number of benzene rings is 1. The first-order chi connectivity index (χ1) is 11.7. The Kier molecular flexibility index (Phi) is 4.22. The SMILES string of the molecule is O=C(O)C1CCC(n2c(C(F)(F)F)cc3cc(O)ccc3c2=O)CC1. The topological polar surface area (TPSA) is 79.5 Å². The molecule has 0 unspecified atom stereocenters. The summed E-state index contributed by atoms with van der Waals surface area (Å²) in [4.78, 5) is 23.7. The molecule has 134 valence electrons. The van der Waals surface area contributed by atoms with Crippen LogP contribution in [-0.4, -0.2) is 20.7 Å². The maximum atomic E-state index is 13.5. The first kappa shape index (κ1) is 17.3. The minimum absolute atomic E-state index is 0.0211. The molecule has 0 radical (unpaired) electrons. The van der Waals surface area contributed by atoms with Crippen LogP contribution in [0.1, 0.15) is 37.4 Å². The number of aromatic nitrogens is 1. The number of hydrogen-bond donors (Lipinski definition) is 2.